The molecule has 0 saturated heterocycles. The number of nitrogens with zero attached hydrogens (tertiary/aromatic N) is 3. The first-order chi connectivity index (χ1) is 9.32. The fourth-order valence-electron chi connectivity index (χ4n) is 2.62. The van der Waals surface area contributed by atoms with Crippen LogP contribution in [0.15, 0.2) is 18.2 Å². The van der Waals surface area contributed by atoms with Crippen LogP contribution in [0.25, 0.3) is 0 Å². The van der Waals surface area contributed by atoms with E-state index in [0.29, 0.717) is 4.99 Å². The van der Waals surface area contributed by atoms with Crippen LogP contribution < -0.4 is 10.6 Å². The molecule has 106 valence electrons. The summed E-state index contributed by atoms with van der Waals surface area (Å²) < 4.78 is 1.82. The molecule has 0 saturated carbocycles. The molecule has 0 aliphatic heterocycles. The molecule has 0 aliphatic carbocycles. The van der Waals surface area contributed by atoms with Gasteiger partial charge in [-0.25, -0.2) is 0 Å². The van der Waals surface area contributed by atoms with Crippen molar-refractivity contribution in [3.63, 3.8) is 0 Å². The second-order valence-electron chi connectivity index (χ2n) is 5.12. The topological polar surface area (TPSA) is 47.1 Å². The molecule has 1 aromatic carbocycles. The summed E-state index contributed by atoms with van der Waals surface area (Å²) in [4.78, 5) is 2.46. The van der Waals surface area contributed by atoms with Crippen LogP contribution in [0, 0.1) is 20.8 Å². The molecule has 5 heteroatoms. The Bertz CT molecular complexity index is 673. The molecule has 0 spiro atoms. The van der Waals surface area contributed by atoms with E-state index < -0.39 is 0 Å². The molecular weight excluding hydrogens is 268 g/mol. The Hall–Kier alpha value is -1.88. The zero-order valence-corrected chi connectivity index (χ0v) is 13.4. The third-order valence-corrected chi connectivity index (χ3v) is 3.67. The summed E-state index contributed by atoms with van der Waals surface area (Å²) in [7, 11) is 3.92. The lowest BCUT2D eigenvalue weighted by Gasteiger charge is -2.23. The van der Waals surface area contributed by atoms with Gasteiger partial charge in [0.1, 0.15) is 10.8 Å². The Morgan fingerprint density at radius 2 is 1.95 bits per heavy atom. The van der Waals surface area contributed by atoms with Gasteiger partial charge < -0.3 is 10.6 Å². The summed E-state index contributed by atoms with van der Waals surface area (Å²) in [6, 6.07) is 6.37. The van der Waals surface area contributed by atoms with Crippen LogP contribution in [0.1, 0.15) is 22.4 Å². The fraction of sp³-hybridized carbons (Fsp3) is 0.333. The molecule has 20 heavy (non-hydrogen) atoms. The highest BCUT2D eigenvalue weighted by molar-refractivity contribution is 7.80. The monoisotopic (exact) mass is 288 g/mol. The molecule has 2 rings (SSSR count). The van der Waals surface area contributed by atoms with Crippen LogP contribution >= 0.6 is 12.2 Å². The van der Waals surface area contributed by atoms with Crippen molar-refractivity contribution < 1.29 is 0 Å². The van der Waals surface area contributed by atoms with Gasteiger partial charge in [-0.3, -0.25) is 4.68 Å². The van der Waals surface area contributed by atoms with E-state index in [0.717, 1.165) is 22.8 Å². The largest absolute Gasteiger partial charge is 0.389 e. The number of thiocarbonyl (C=S) groups is 1. The van der Waals surface area contributed by atoms with Crippen LogP contribution in [0.3, 0.4) is 0 Å². The lowest BCUT2D eigenvalue weighted by atomic mass is 10.1. The van der Waals surface area contributed by atoms with Crippen molar-refractivity contribution in [2.75, 3.05) is 11.9 Å². The normalized spacial score (nSPS) is 10.7. The molecule has 0 fully saturated rings. The van der Waals surface area contributed by atoms with Crippen LogP contribution in [-0.4, -0.2) is 21.8 Å². The Labute approximate surface area is 125 Å². The Morgan fingerprint density at radius 3 is 2.50 bits per heavy atom. The minimum absolute atomic E-state index is 0.377. The summed E-state index contributed by atoms with van der Waals surface area (Å²) in [5, 5.41) is 4.43. The average molecular weight is 288 g/mol. The first-order valence-corrected chi connectivity index (χ1v) is 6.88. The molecule has 1 heterocycles. The van der Waals surface area contributed by atoms with Crippen molar-refractivity contribution in [3.05, 3.63) is 40.6 Å². The van der Waals surface area contributed by atoms with E-state index in [-0.39, 0.29) is 0 Å². The fourth-order valence-corrected chi connectivity index (χ4v) is 2.85. The first-order valence-electron chi connectivity index (χ1n) is 6.47. The number of aromatic nitrogens is 2. The zero-order valence-electron chi connectivity index (χ0n) is 12.6. The van der Waals surface area contributed by atoms with Crippen LogP contribution in [0.4, 0.5) is 11.5 Å². The molecule has 0 unspecified atom stereocenters. The second kappa shape index (κ2) is 5.25. The average Bonchev–Trinajstić information content (AvgIpc) is 2.63. The first kappa shape index (κ1) is 14.5. The van der Waals surface area contributed by atoms with E-state index in [1.807, 2.05) is 25.7 Å². The van der Waals surface area contributed by atoms with Crippen molar-refractivity contribution in [2.45, 2.75) is 20.8 Å². The molecule has 2 N–H and O–H groups in total. The molecular formula is C15H20N4S. The van der Waals surface area contributed by atoms with Gasteiger partial charge in [-0.1, -0.05) is 29.9 Å². The van der Waals surface area contributed by atoms with E-state index in [4.69, 9.17) is 18.0 Å². The van der Waals surface area contributed by atoms with E-state index in [1.165, 1.54) is 11.1 Å². The third kappa shape index (κ3) is 2.41. The third-order valence-electron chi connectivity index (χ3n) is 3.47. The molecule has 0 radical (unpaired) electrons. The van der Waals surface area contributed by atoms with E-state index in [9.17, 15) is 0 Å². The van der Waals surface area contributed by atoms with E-state index in [2.05, 4.69) is 42.0 Å². The van der Waals surface area contributed by atoms with Crippen molar-refractivity contribution in [1.82, 2.24) is 9.78 Å². The van der Waals surface area contributed by atoms with Gasteiger partial charge >= 0.3 is 0 Å². The van der Waals surface area contributed by atoms with Crippen LogP contribution in [0.2, 0.25) is 0 Å². The maximum atomic E-state index is 5.86. The van der Waals surface area contributed by atoms with Gasteiger partial charge in [0.05, 0.1) is 11.3 Å². The number of benzene rings is 1. The predicted molar refractivity (Wildman–Crippen MR) is 87.8 cm³/mol. The molecule has 1 aromatic heterocycles. The Kier molecular flexibility index (Phi) is 3.81. The number of anilines is 2. The number of rotatable bonds is 3. The Balaban J connectivity index is 2.59. The van der Waals surface area contributed by atoms with E-state index >= 15 is 0 Å². The number of hydrogen-bond acceptors (Lipinski definition) is 3. The van der Waals surface area contributed by atoms with Crippen molar-refractivity contribution in [1.29, 1.82) is 0 Å². The predicted octanol–water partition coefficient (Wildman–Crippen LogP) is 2.75. The molecule has 4 nitrogen and oxygen atoms in total. The summed E-state index contributed by atoms with van der Waals surface area (Å²) in [6.07, 6.45) is 0. The lowest BCUT2D eigenvalue weighted by Crippen LogP contribution is -2.20. The summed E-state index contributed by atoms with van der Waals surface area (Å²) >= 11 is 5.17. The zero-order chi connectivity index (χ0) is 15.0. The van der Waals surface area contributed by atoms with Gasteiger partial charge in [0, 0.05) is 19.8 Å². The molecule has 0 amide bonds. The van der Waals surface area contributed by atoms with E-state index in [1.54, 1.807) is 0 Å². The quantitative estimate of drug-likeness (QED) is 0.882. The van der Waals surface area contributed by atoms with Gasteiger partial charge in [0.15, 0.2) is 0 Å². The van der Waals surface area contributed by atoms with Crippen molar-refractivity contribution >= 4 is 28.7 Å². The van der Waals surface area contributed by atoms with Crippen molar-refractivity contribution in [2.24, 2.45) is 12.8 Å². The SMILES string of the molecule is Cc1ccc(N(C)c2c(C(N)=S)c(C)nn2C)c(C)c1. The summed E-state index contributed by atoms with van der Waals surface area (Å²) in [5.74, 6) is 0.918. The van der Waals surface area contributed by atoms with Crippen LogP contribution in [-0.2, 0) is 7.05 Å². The molecule has 0 atom stereocenters. The maximum absolute atomic E-state index is 5.86. The highest BCUT2D eigenvalue weighted by Crippen LogP contribution is 2.31. The standard InChI is InChI=1S/C15H20N4S/c1-9-6-7-12(10(2)8-9)18(4)15-13(14(16)20)11(3)17-19(15)5/h6-8H,1-5H3,(H2,16,20). The Morgan fingerprint density at radius 1 is 1.30 bits per heavy atom. The highest BCUT2D eigenvalue weighted by Gasteiger charge is 2.20. The smallest absolute Gasteiger partial charge is 0.141 e. The number of hydrogen-bond donors (Lipinski definition) is 1. The van der Waals surface area contributed by atoms with Gasteiger partial charge in [0.2, 0.25) is 0 Å². The number of aryl methyl sites for hydroxylation is 4. The lowest BCUT2D eigenvalue weighted by molar-refractivity contribution is 0.750. The van der Waals surface area contributed by atoms with Gasteiger partial charge in [-0.05, 0) is 32.4 Å². The summed E-state index contributed by atoms with van der Waals surface area (Å²) in [6.45, 7) is 6.11. The van der Waals surface area contributed by atoms with Gasteiger partial charge in [-0.15, -0.1) is 0 Å². The second-order valence-corrected chi connectivity index (χ2v) is 5.56. The molecule has 2 aromatic rings. The maximum Gasteiger partial charge on any atom is 0.141 e. The number of nitrogens with two attached hydrogens (primary N) is 1. The van der Waals surface area contributed by atoms with Gasteiger partial charge in [0.25, 0.3) is 0 Å². The van der Waals surface area contributed by atoms with Crippen LogP contribution in [0.5, 0.6) is 0 Å². The molecule has 0 bridgehead atoms. The van der Waals surface area contributed by atoms with Crippen molar-refractivity contribution in [3.8, 4) is 0 Å². The highest BCUT2D eigenvalue weighted by atomic mass is 32.1. The van der Waals surface area contributed by atoms with Gasteiger partial charge in [-0.2, -0.15) is 5.10 Å². The minimum atomic E-state index is 0.377. The minimum Gasteiger partial charge on any atom is -0.389 e. The molecule has 0 aliphatic rings. The summed E-state index contributed by atoms with van der Waals surface area (Å²) in [5.41, 5.74) is 11.1.